The molecule has 0 radical (unpaired) electrons. The van der Waals surface area contributed by atoms with Crippen LogP contribution in [-0.4, -0.2) is 18.6 Å². The van der Waals surface area contributed by atoms with Gasteiger partial charge in [0.1, 0.15) is 6.61 Å². The zero-order chi connectivity index (χ0) is 16.4. The third-order valence-electron chi connectivity index (χ3n) is 3.28. The lowest BCUT2D eigenvalue weighted by atomic mass is 10.2. The van der Waals surface area contributed by atoms with E-state index in [9.17, 15) is 18.0 Å². The molecule has 0 saturated carbocycles. The largest absolute Gasteiger partial charge is 0.485 e. The number of alkyl halides is 3. The number of benzene rings is 2. The van der Waals surface area contributed by atoms with Gasteiger partial charge in [0.05, 0.1) is 5.56 Å². The molecule has 0 aliphatic carbocycles. The van der Waals surface area contributed by atoms with Crippen LogP contribution in [0, 0.1) is 0 Å². The highest BCUT2D eigenvalue weighted by atomic mass is 19.4. The number of ether oxygens (including phenoxy) is 2. The van der Waals surface area contributed by atoms with E-state index in [1.807, 2.05) is 0 Å². The normalized spacial score (nSPS) is 16.7. The molecule has 1 heterocycles. The van der Waals surface area contributed by atoms with Gasteiger partial charge in [-0.2, -0.15) is 13.2 Å². The van der Waals surface area contributed by atoms with Crippen LogP contribution in [0.2, 0.25) is 0 Å². The van der Waals surface area contributed by atoms with Crippen molar-refractivity contribution in [1.82, 2.24) is 0 Å². The number of nitrogens with one attached hydrogen (secondary N) is 1. The van der Waals surface area contributed by atoms with Gasteiger partial charge in [0.15, 0.2) is 11.5 Å². The fourth-order valence-corrected chi connectivity index (χ4v) is 2.11. The van der Waals surface area contributed by atoms with E-state index in [0.29, 0.717) is 11.5 Å². The minimum Gasteiger partial charge on any atom is -0.485 e. The third kappa shape index (κ3) is 3.39. The van der Waals surface area contributed by atoms with E-state index in [4.69, 9.17) is 9.47 Å². The van der Waals surface area contributed by atoms with E-state index in [0.717, 1.165) is 12.1 Å². The Kier molecular flexibility index (Phi) is 3.85. The van der Waals surface area contributed by atoms with Gasteiger partial charge in [0.2, 0.25) is 6.10 Å². The summed E-state index contributed by atoms with van der Waals surface area (Å²) in [6.07, 6.45) is -5.28. The van der Waals surface area contributed by atoms with E-state index in [-0.39, 0.29) is 12.3 Å². The molecule has 1 amide bonds. The lowest BCUT2D eigenvalue weighted by molar-refractivity contribution is -0.137. The summed E-state index contributed by atoms with van der Waals surface area (Å²) in [5.74, 6) is 0.511. The molecule has 0 saturated heterocycles. The molecule has 1 aliphatic heterocycles. The maximum atomic E-state index is 12.5. The van der Waals surface area contributed by atoms with Gasteiger partial charge in [0, 0.05) is 5.69 Å². The van der Waals surface area contributed by atoms with Crippen LogP contribution in [0.5, 0.6) is 11.5 Å². The third-order valence-corrected chi connectivity index (χ3v) is 3.28. The first kappa shape index (κ1) is 15.2. The van der Waals surface area contributed by atoms with Crippen molar-refractivity contribution in [2.45, 2.75) is 12.3 Å². The summed E-state index contributed by atoms with van der Waals surface area (Å²) < 4.78 is 48.4. The van der Waals surface area contributed by atoms with Crippen molar-refractivity contribution in [1.29, 1.82) is 0 Å². The number of hydrogen-bond donors (Lipinski definition) is 1. The van der Waals surface area contributed by atoms with Crippen LogP contribution in [0.25, 0.3) is 0 Å². The van der Waals surface area contributed by atoms with Gasteiger partial charge in [-0.25, -0.2) is 0 Å². The van der Waals surface area contributed by atoms with Gasteiger partial charge in [0.25, 0.3) is 5.91 Å². The second-order valence-electron chi connectivity index (χ2n) is 4.93. The van der Waals surface area contributed by atoms with Crippen molar-refractivity contribution in [2.75, 3.05) is 11.9 Å². The molecule has 1 atom stereocenters. The molecule has 0 bridgehead atoms. The van der Waals surface area contributed by atoms with E-state index in [1.54, 1.807) is 24.3 Å². The van der Waals surface area contributed by atoms with Crippen LogP contribution >= 0.6 is 0 Å². The number of anilines is 1. The number of para-hydroxylation sites is 2. The molecule has 120 valence electrons. The van der Waals surface area contributed by atoms with Gasteiger partial charge in [-0.3, -0.25) is 4.79 Å². The summed E-state index contributed by atoms with van der Waals surface area (Å²) in [7, 11) is 0. The van der Waals surface area contributed by atoms with Crippen LogP contribution in [-0.2, 0) is 11.0 Å². The zero-order valence-electron chi connectivity index (χ0n) is 11.8. The molecule has 2 aromatic rings. The topological polar surface area (TPSA) is 47.6 Å². The van der Waals surface area contributed by atoms with Crippen molar-refractivity contribution in [3.05, 3.63) is 54.1 Å². The Balaban J connectivity index is 1.66. The molecule has 1 aliphatic rings. The fraction of sp³-hybridized carbons (Fsp3) is 0.188. The van der Waals surface area contributed by atoms with E-state index >= 15 is 0 Å². The Morgan fingerprint density at radius 2 is 1.70 bits per heavy atom. The van der Waals surface area contributed by atoms with Crippen LogP contribution in [0.4, 0.5) is 18.9 Å². The summed E-state index contributed by atoms with van der Waals surface area (Å²) in [5, 5.41) is 2.51. The number of fused-ring (bicyclic) bond motifs is 1. The predicted molar refractivity (Wildman–Crippen MR) is 76.4 cm³/mol. The van der Waals surface area contributed by atoms with Gasteiger partial charge in [-0.05, 0) is 36.4 Å². The number of carbonyl (C=O) groups is 1. The number of carbonyl (C=O) groups excluding carboxylic acids is 1. The van der Waals surface area contributed by atoms with E-state index in [2.05, 4.69) is 5.32 Å². The molecule has 3 rings (SSSR count). The fourth-order valence-electron chi connectivity index (χ4n) is 2.11. The Labute approximate surface area is 129 Å². The van der Waals surface area contributed by atoms with Crippen molar-refractivity contribution >= 4 is 11.6 Å². The molecule has 4 nitrogen and oxygen atoms in total. The number of hydrogen-bond acceptors (Lipinski definition) is 3. The summed E-state index contributed by atoms with van der Waals surface area (Å²) in [6, 6.07) is 11.1. The SMILES string of the molecule is O=C(Nc1ccc(C(F)(F)F)cc1)[C@@H]1COc2ccccc2O1. The zero-order valence-corrected chi connectivity index (χ0v) is 11.8. The molecular weight excluding hydrogens is 311 g/mol. The highest BCUT2D eigenvalue weighted by Gasteiger charge is 2.30. The van der Waals surface area contributed by atoms with Gasteiger partial charge >= 0.3 is 6.18 Å². The second kappa shape index (κ2) is 5.83. The highest BCUT2D eigenvalue weighted by Crippen LogP contribution is 2.32. The van der Waals surface area contributed by atoms with Crippen LogP contribution in [0.3, 0.4) is 0 Å². The lowest BCUT2D eigenvalue weighted by Gasteiger charge is -2.25. The molecule has 0 aromatic heterocycles. The Hall–Kier alpha value is -2.70. The molecule has 23 heavy (non-hydrogen) atoms. The minimum absolute atomic E-state index is 0.0312. The van der Waals surface area contributed by atoms with Gasteiger partial charge in [-0.1, -0.05) is 12.1 Å². The quantitative estimate of drug-likeness (QED) is 0.920. The molecule has 7 heteroatoms. The maximum Gasteiger partial charge on any atom is 0.416 e. The average molecular weight is 323 g/mol. The second-order valence-corrected chi connectivity index (χ2v) is 4.93. The van der Waals surface area contributed by atoms with Crippen LogP contribution < -0.4 is 14.8 Å². The van der Waals surface area contributed by atoms with Crippen LogP contribution in [0.1, 0.15) is 5.56 Å². The molecule has 2 aromatic carbocycles. The summed E-state index contributed by atoms with van der Waals surface area (Å²) in [4.78, 5) is 12.1. The first-order valence-electron chi connectivity index (χ1n) is 6.80. The van der Waals surface area contributed by atoms with Gasteiger partial charge in [-0.15, -0.1) is 0 Å². The Bertz CT molecular complexity index is 713. The monoisotopic (exact) mass is 323 g/mol. The highest BCUT2D eigenvalue weighted by molar-refractivity contribution is 5.94. The first-order valence-corrected chi connectivity index (χ1v) is 6.80. The summed E-state index contributed by atoms with van der Waals surface area (Å²) in [6.45, 7) is 0.0312. The van der Waals surface area contributed by atoms with Crippen molar-refractivity contribution < 1.29 is 27.4 Å². The molecule has 0 fully saturated rings. The Morgan fingerprint density at radius 3 is 2.35 bits per heavy atom. The smallest absolute Gasteiger partial charge is 0.416 e. The standard InChI is InChI=1S/C16H12F3NO3/c17-16(18,19)10-5-7-11(8-6-10)20-15(21)14-9-22-12-3-1-2-4-13(12)23-14/h1-8,14H,9H2,(H,20,21)/t14-/m0/s1. The number of rotatable bonds is 2. The molecule has 1 N–H and O–H groups in total. The first-order chi connectivity index (χ1) is 10.9. The predicted octanol–water partition coefficient (Wildman–Crippen LogP) is 3.48. The Morgan fingerprint density at radius 1 is 1.04 bits per heavy atom. The minimum atomic E-state index is -4.41. The average Bonchev–Trinajstić information content (AvgIpc) is 2.54. The number of halogens is 3. The van der Waals surface area contributed by atoms with Crippen molar-refractivity contribution in [3.8, 4) is 11.5 Å². The maximum absolute atomic E-state index is 12.5. The van der Waals surface area contributed by atoms with E-state index < -0.39 is 23.8 Å². The van der Waals surface area contributed by atoms with Gasteiger partial charge < -0.3 is 14.8 Å². The molecule has 0 spiro atoms. The summed E-state index contributed by atoms with van der Waals surface area (Å²) >= 11 is 0. The molecule has 0 unspecified atom stereocenters. The number of amides is 1. The van der Waals surface area contributed by atoms with E-state index in [1.165, 1.54) is 12.1 Å². The van der Waals surface area contributed by atoms with Crippen molar-refractivity contribution in [3.63, 3.8) is 0 Å². The lowest BCUT2D eigenvalue weighted by Crippen LogP contribution is -2.40. The summed E-state index contributed by atoms with van der Waals surface area (Å²) in [5.41, 5.74) is -0.521. The van der Waals surface area contributed by atoms with Crippen molar-refractivity contribution in [2.24, 2.45) is 0 Å². The molecular formula is C16H12F3NO3. The van der Waals surface area contributed by atoms with Crippen LogP contribution in [0.15, 0.2) is 48.5 Å².